The van der Waals surface area contributed by atoms with Crippen molar-refractivity contribution in [3.63, 3.8) is 0 Å². The van der Waals surface area contributed by atoms with Crippen molar-refractivity contribution in [2.24, 2.45) is 10.9 Å². The van der Waals surface area contributed by atoms with E-state index in [4.69, 9.17) is 0 Å². The molecule has 1 aromatic carbocycles. The average Bonchev–Trinajstić information content (AvgIpc) is 3.28. The zero-order valence-corrected chi connectivity index (χ0v) is 16.7. The van der Waals surface area contributed by atoms with Gasteiger partial charge >= 0.3 is 0 Å². The van der Waals surface area contributed by atoms with Gasteiger partial charge in [-0.2, -0.15) is 0 Å². The molecular weight excluding hydrogens is 415 g/mol. The van der Waals surface area contributed by atoms with Crippen LogP contribution in [0.15, 0.2) is 35.3 Å². The molecule has 1 aliphatic heterocycles. The van der Waals surface area contributed by atoms with Crippen molar-refractivity contribution in [2.45, 2.75) is 37.8 Å². The number of hydrogen-bond acceptors (Lipinski definition) is 2. The SMILES string of the molecule is CN=C(NC1CCC(=O)N(C)C1)NC1CC1Cc1ccccc1.I. The van der Waals surface area contributed by atoms with Gasteiger partial charge in [-0.25, -0.2) is 0 Å². The number of rotatable bonds is 4. The molecule has 2 N–H and O–H groups in total. The fraction of sp³-hybridized carbons (Fsp3) is 0.556. The van der Waals surface area contributed by atoms with Crippen LogP contribution in [0.2, 0.25) is 0 Å². The van der Waals surface area contributed by atoms with Gasteiger partial charge in [-0.3, -0.25) is 9.79 Å². The van der Waals surface area contributed by atoms with E-state index in [9.17, 15) is 4.79 Å². The second-order valence-electron chi connectivity index (χ2n) is 6.66. The number of likely N-dealkylation sites (tertiary alicyclic amines) is 1. The summed E-state index contributed by atoms with van der Waals surface area (Å²) in [4.78, 5) is 17.7. The molecule has 0 radical (unpaired) electrons. The minimum absolute atomic E-state index is 0. The summed E-state index contributed by atoms with van der Waals surface area (Å²) in [6.45, 7) is 0.748. The van der Waals surface area contributed by atoms with Crippen LogP contribution in [0.25, 0.3) is 0 Å². The van der Waals surface area contributed by atoms with Crippen LogP contribution in [0.1, 0.15) is 24.8 Å². The largest absolute Gasteiger partial charge is 0.353 e. The van der Waals surface area contributed by atoms with Crippen LogP contribution >= 0.6 is 24.0 Å². The van der Waals surface area contributed by atoms with E-state index in [0.29, 0.717) is 18.4 Å². The van der Waals surface area contributed by atoms with E-state index in [0.717, 1.165) is 25.3 Å². The number of carbonyl (C=O) groups excluding carboxylic acids is 1. The second kappa shape index (κ2) is 8.69. The molecule has 1 saturated carbocycles. The minimum Gasteiger partial charge on any atom is -0.353 e. The molecular formula is C18H27IN4O. The number of amides is 1. The van der Waals surface area contributed by atoms with Gasteiger partial charge in [-0.05, 0) is 30.7 Å². The highest BCUT2D eigenvalue weighted by atomic mass is 127. The summed E-state index contributed by atoms with van der Waals surface area (Å²) >= 11 is 0. The number of hydrogen-bond donors (Lipinski definition) is 2. The molecule has 132 valence electrons. The molecule has 0 aromatic heterocycles. The van der Waals surface area contributed by atoms with Gasteiger partial charge < -0.3 is 15.5 Å². The zero-order valence-electron chi connectivity index (χ0n) is 14.4. The van der Waals surface area contributed by atoms with Gasteiger partial charge in [0.25, 0.3) is 0 Å². The zero-order chi connectivity index (χ0) is 16.2. The van der Waals surface area contributed by atoms with E-state index >= 15 is 0 Å². The maximum absolute atomic E-state index is 11.6. The quantitative estimate of drug-likeness (QED) is 0.426. The molecule has 1 heterocycles. The number of nitrogens with zero attached hydrogens (tertiary/aromatic N) is 2. The number of benzene rings is 1. The normalized spacial score (nSPS) is 26.6. The third kappa shape index (κ3) is 5.09. The smallest absolute Gasteiger partial charge is 0.222 e. The third-order valence-electron chi connectivity index (χ3n) is 4.78. The van der Waals surface area contributed by atoms with Gasteiger partial charge in [0.1, 0.15) is 0 Å². The van der Waals surface area contributed by atoms with E-state index in [2.05, 4.69) is 46.0 Å². The average molecular weight is 442 g/mol. The van der Waals surface area contributed by atoms with Gasteiger partial charge in [0, 0.05) is 39.1 Å². The highest BCUT2D eigenvalue weighted by Gasteiger charge is 2.37. The number of aliphatic imine (C=N–C) groups is 1. The van der Waals surface area contributed by atoms with Crippen molar-refractivity contribution >= 4 is 35.8 Å². The van der Waals surface area contributed by atoms with Crippen molar-refractivity contribution in [3.8, 4) is 0 Å². The molecule has 2 fully saturated rings. The van der Waals surface area contributed by atoms with Gasteiger partial charge in [0.05, 0.1) is 0 Å². The van der Waals surface area contributed by atoms with Gasteiger partial charge in [-0.1, -0.05) is 30.3 Å². The Morgan fingerprint density at radius 3 is 2.71 bits per heavy atom. The van der Waals surface area contributed by atoms with E-state index < -0.39 is 0 Å². The predicted octanol–water partition coefficient (Wildman–Crippen LogP) is 2.02. The predicted molar refractivity (Wildman–Crippen MR) is 108 cm³/mol. The molecule has 24 heavy (non-hydrogen) atoms. The van der Waals surface area contributed by atoms with Crippen LogP contribution in [0.5, 0.6) is 0 Å². The standard InChI is InChI=1S/C18H26N4O.HI/c1-19-18(20-15-8-9-17(23)22(2)12-15)21-16-11-14(16)10-13-6-4-3-5-7-13;/h3-7,14-16H,8-12H2,1-2H3,(H2,19,20,21);1H. The first-order chi connectivity index (χ1) is 11.2. The van der Waals surface area contributed by atoms with Gasteiger partial charge in [0.2, 0.25) is 5.91 Å². The summed E-state index contributed by atoms with van der Waals surface area (Å²) in [7, 11) is 3.67. The first kappa shape index (κ1) is 19.0. The van der Waals surface area contributed by atoms with E-state index in [1.165, 1.54) is 12.0 Å². The molecule has 6 heteroatoms. The molecule has 1 amide bonds. The Balaban J connectivity index is 0.00000208. The highest BCUT2D eigenvalue weighted by Crippen LogP contribution is 2.33. The third-order valence-corrected chi connectivity index (χ3v) is 4.78. The summed E-state index contributed by atoms with van der Waals surface area (Å²) in [5.74, 6) is 1.78. The Morgan fingerprint density at radius 1 is 1.29 bits per heavy atom. The van der Waals surface area contributed by atoms with Crippen LogP contribution in [0.3, 0.4) is 0 Å². The molecule has 1 aliphatic carbocycles. The first-order valence-electron chi connectivity index (χ1n) is 8.43. The summed E-state index contributed by atoms with van der Waals surface area (Å²) in [5, 5.41) is 6.98. The molecule has 1 saturated heterocycles. The molecule has 0 spiro atoms. The summed E-state index contributed by atoms with van der Waals surface area (Å²) in [6.07, 6.45) is 3.81. The number of nitrogens with one attached hydrogen (secondary N) is 2. The lowest BCUT2D eigenvalue weighted by molar-refractivity contribution is -0.132. The van der Waals surface area contributed by atoms with E-state index in [1.54, 1.807) is 4.90 Å². The maximum atomic E-state index is 11.6. The second-order valence-corrected chi connectivity index (χ2v) is 6.66. The van der Waals surface area contributed by atoms with Crippen molar-refractivity contribution in [1.82, 2.24) is 15.5 Å². The van der Waals surface area contributed by atoms with Crippen LogP contribution in [0.4, 0.5) is 0 Å². The van der Waals surface area contributed by atoms with E-state index in [1.807, 2.05) is 14.1 Å². The Labute approximate surface area is 161 Å². The lowest BCUT2D eigenvalue weighted by Gasteiger charge is -2.31. The summed E-state index contributed by atoms with van der Waals surface area (Å²) < 4.78 is 0. The van der Waals surface area contributed by atoms with Crippen LogP contribution in [0, 0.1) is 5.92 Å². The van der Waals surface area contributed by atoms with Crippen LogP contribution in [-0.4, -0.2) is 49.5 Å². The van der Waals surface area contributed by atoms with Crippen molar-refractivity contribution in [2.75, 3.05) is 20.6 Å². The molecule has 3 unspecified atom stereocenters. The Bertz CT molecular complexity index is 578. The Hall–Kier alpha value is -1.31. The van der Waals surface area contributed by atoms with Gasteiger partial charge in [-0.15, -0.1) is 24.0 Å². The van der Waals surface area contributed by atoms with Crippen LogP contribution < -0.4 is 10.6 Å². The number of halogens is 1. The summed E-state index contributed by atoms with van der Waals surface area (Å²) in [5.41, 5.74) is 1.40. The lowest BCUT2D eigenvalue weighted by Crippen LogP contribution is -2.52. The monoisotopic (exact) mass is 442 g/mol. The van der Waals surface area contributed by atoms with Gasteiger partial charge in [0.15, 0.2) is 5.96 Å². The highest BCUT2D eigenvalue weighted by molar-refractivity contribution is 14.0. The minimum atomic E-state index is 0. The fourth-order valence-corrected chi connectivity index (χ4v) is 3.24. The number of carbonyl (C=O) groups is 1. The molecule has 3 rings (SSSR count). The molecule has 0 bridgehead atoms. The molecule has 3 atom stereocenters. The Morgan fingerprint density at radius 2 is 2.04 bits per heavy atom. The lowest BCUT2D eigenvalue weighted by atomic mass is 10.1. The molecule has 5 nitrogen and oxygen atoms in total. The fourth-order valence-electron chi connectivity index (χ4n) is 3.24. The maximum Gasteiger partial charge on any atom is 0.222 e. The number of piperidine rings is 1. The van der Waals surface area contributed by atoms with Crippen molar-refractivity contribution in [1.29, 1.82) is 0 Å². The van der Waals surface area contributed by atoms with Crippen molar-refractivity contribution in [3.05, 3.63) is 35.9 Å². The first-order valence-corrected chi connectivity index (χ1v) is 8.43. The number of likely N-dealkylation sites (N-methyl/N-ethyl adjacent to an activating group) is 1. The molecule has 2 aliphatic rings. The summed E-state index contributed by atoms with van der Waals surface area (Å²) in [6, 6.07) is 11.4. The van der Waals surface area contributed by atoms with Crippen LogP contribution in [-0.2, 0) is 11.2 Å². The topological polar surface area (TPSA) is 56.7 Å². The van der Waals surface area contributed by atoms with Crippen molar-refractivity contribution < 1.29 is 4.79 Å². The Kier molecular flexibility index (Phi) is 6.89. The number of guanidine groups is 1. The molecule has 1 aromatic rings. The van der Waals surface area contributed by atoms with E-state index in [-0.39, 0.29) is 35.9 Å².